The predicted molar refractivity (Wildman–Crippen MR) is 79.6 cm³/mol. The summed E-state index contributed by atoms with van der Waals surface area (Å²) in [5, 5.41) is 3.78. The Morgan fingerprint density at radius 1 is 1.38 bits per heavy atom. The van der Waals surface area contributed by atoms with Crippen molar-refractivity contribution in [3.8, 4) is 0 Å². The van der Waals surface area contributed by atoms with Crippen LogP contribution in [0.4, 0.5) is 0 Å². The quantitative estimate of drug-likeness (QED) is 0.741. The van der Waals surface area contributed by atoms with Crippen molar-refractivity contribution in [3.05, 3.63) is 36.0 Å². The van der Waals surface area contributed by atoms with Crippen molar-refractivity contribution >= 4 is 22.7 Å². The number of benzene rings is 1. The second-order valence-electron chi connectivity index (χ2n) is 5.28. The molecule has 3 rings (SSSR count). The summed E-state index contributed by atoms with van der Waals surface area (Å²) < 4.78 is 0. The van der Waals surface area contributed by atoms with E-state index < -0.39 is 6.04 Å². The van der Waals surface area contributed by atoms with E-state index in [1.54, 1.807) is 0 Å². The molecule has 21 heavy (non-hydrogen) atoms. The lowest BCUT2D eigenvalue weighted by molar-refractivity contribution is -0.139. The maximum Gasteiger partial charge on any atom is 0.240 e. The zero-order valence-electron chi connectivity index (χ0n) is 11.6. The number of nitrogens with zero attached hydrogens (tertiary/aromatic N) is 1. The van der Waals surface area contributed by atoms with Crippen LogP contribution in [0.3, 0.4) is 0 Å². The maximum absolute atomic E-state index is 12.3. The normalized spacial score (nSPS) is 16.8. The van der Waals surface area contributed by atoms with Gasteiger partial charge in [0.1, 0.15) is 0 Å². The lowest BCUT2D eigenvalue weighted by Gasteiger charge is -2.28. The molecule has 110 valence electrons. The van der Waals surface area contributed by atoms with Crippen molar-refractivity contribution in [1.82, 2.24) is 15.2 Å². The number of hydrogen-bond donors (Lipinski definition) is 3. The van der Waals surface area contributed by atoms with Crippen LogP contribution in [-0.4, -0.2) is 47.4 Å². The van der Waals surface area contributed by atoms with Gasteiger partial charge in [-0.15, -0.1) is 0 Å². The molecule has 1 aromatic carbocycles. The summed E-state index contributed by atoms with van der Waals surface area (Å²) in [5.74, 6) is -0.302. The second kappa shape index (κ2) is 5.57. The SMILES string of the molecule is NC(Cc1c[nH]c2ccccc12)C(=O)N1CCNC(=O)C1. The van der Waals surface area contributed by atoms with Crippen molar-refractivity contribution in [1.29, 1.82) is 0 Å². The molecule has 6 nitrogen and oxygen atoms in total. The molecule has 0 saturated carbocycles. The summed E-state index contributed by atoms with van der Waals surface area (Å²) in [7, 11) is 0. The first-order valence-corrected chi connectivity index (χ1v) is 7.01. The lowest BCUT2D eigenvalue weighted by atomic mass is 10.0. The molecule has 2 heterocycles. The van der Waals surface area contributed by atoms with E-state index in [2.05, 4.69) is 10.3 Å². The van der Waals surface area contributed by atoms with Crippen LogP contribution in [0.15, 0.2) is 30.5 Å². The van der Waals surface area contributed by atoms with E-state index in [-0.39, 0.29) is 18.4 Å². The average Bonchev–Trinajstić information content (AvgIpc) is 2.90. The fourth-order valence-electron chi connectivity index (χ4n) is 2.69. The third kappa shape index (κ3) is 2.75. The van der Waals surface area contributed by atoms with E-state index >= 15 is 0 Å². The van der Waals surface area contributed by atoms with Crippen molar-refractivity contribution in [3.63, 3.8) is 0 Å². The van der Waals surface area contributed by atoms with Crippen LogP contribution < -0.4 is 11.1 Å². The average molecular weight is 286 g/mol. The van der Waals surface area contributed by atoms with E-state index in [4.69, 9.17) is 5.73 Å². The van der Waals surface area contributed by atoms with Gasteiger partial charge in [-0.3, -0.25) is 9.59 Å². The van der Waals surface area contributed by atoms with Gasteiger partial charge in [-0.1, -0.05) is 18.2 Å². The molecule has 1 fully saturated rings. The number of carbonyl (C=O) groups is 2. The van der Waals surface area contributed by atoms with Gasteiger partial charge < -0.3 is 20.9 Å². The summed E-state index contributed by atoms with van der Waals surface area (Å²) in [6.45, 7) is 1.11. The summed E-state index contributed by atoms with van der Waals surface area (Å²) >= 11 is 0. The summed E-state index contributed by atoms with van der Waals surface area (Å²) in [4.78, 5) is 28.4. The van der Waals surface area contributed by atoms with E-state index in [0.717, 1.165) is 16.5 Å². The van der Waals surface area contributed by atoms with Crippen molar-refractivity contribution in [2.24, 2.45) is 5.73 Å². The number of hydrogen-bond acceptors (Lipinski definition) is 3. The Kier molecular flexibility index (Phi) is 3.62. The first-order chi connectivity index (χ1) is 10.1. The minimum Gasteiger partial charge on any atom is -0.361 e. The number of para-hydroxylation sites is 1. The van der Waals surface area contributed by atoms with Gasteiger partial charge in [0.15, 0.2) is 0 Å². The first-order valence-electron chi connectivity index (χ1n) is 7.01. The van der Waals surface area contributed by atoms with E-state index in [1.807, 2.05) is 30.5 Å². The standard InChI is InChI=1S/C15H18N4O2/c16-12(15(21)19-6-5-17-14(20)9-19)7-10-8-18-13-4-2-1-3-11(10)13/h1-4,8,12,18H,5-7,9,16H2,(H,17,20). The van der Waals surface area contributed by atoms with Crippen LogP contribution >= 0.6 is 0 Å². The number of carbonyl (C=O) groups excluding carboxylic acids is 2. The Labute approximate surface area is 122 Å². The molecule has 6 heteroatoms. The van der Waals surface area contributed by atoms with Gasteiger partial charge in [0.2, 0.25) is 11.8 Å². The van der Waals surface area contributed by atoms with Crippen LogP contribution in [0.5, 0.6) is 0 Å². The fraction of sp³-hybridized carbons (Fsp3) is 0.333. The van der Waals surface area contributed by atoms with Crippen LogP contribution in [-0.2, 0) is 16.0 Å². The highest BCUT2D eigenvalue weighted by Gasteiger charge is 2.26. The Hall–Kier alpha value is -2.34. The highest BCUT2D eigenvalue weighted by Crippen LogP contribution is 2.19. The van der Waals surface area contributed by atoms with Gasteiger partial charge in [-0.05, 0) is 18.1 Å². The molecule has 1 saturated heterocycles. The van der Waals surface area contributed by atoms with Gasteiger partial charge in [-0.25, -0.2) is 0 Å². The summed E-state index contributed by atoms with van der Waals surface area (Å²) in [6, 6.07) is 7.28. The summed E-state index contributed by atoms with van der Waals surface area (Å²) in [5.41, 5.74) is 8.09. The number of nitrogens with one attached hydrogen (secondary N) is 2. The molecule has 1 unspecified atom stereocenters. The second-order valence-corrected chi connectivity index (χ2v) is 5.28. The number of amides is 2. The highest BCUT2D eigenvalue weighted by molar-refractivity contribution is 5.89. The van der Waals surface area contributed by atoms with Gasteiger partial charge in [-0.2, -0.15) is 0 Å². The number of fused-ring (bicyclic) bond motifs is 1. The molecule has 4 N–H and O–H groups in total. The molecule has 2 aromatic rings. The van der Waals surface area contributed by atoms with E-state index in [0.29, 0.717) is 19.5 Å². The Morgan fingerprint density at radius 2 is 2.19 bits per heavy atom. The molecule has 0 bridgehead atoms. The number of nitrogens with two attached hydrogens (primary N) is 1. The first kappa shape index (κ1) is 13.6. The zero-order chi connectivity index (χ0) is 14.8. The van der Waals surface area contributed by atoms with Gasteiger partial charge in [0.25, 0.3) is 0 Å². The third-order valence-corrected chi connectivity index (χ3v) is 3.78. The monoisotopic (exact) mass is 286 g/mol. The lowest BCUT2D eigenvalue weighted by Crippen LogP contribution is -2.54. The smallest absolute Gasteiger partial charge is 0.240 e. The topological polar surface area (TPSA) is 91.2 Å². The van der Waals surface area contributed by atoms with E-state index in [9.17, 15) is 9.59 Å². The number of rotatable bonds is 3. The third-order valence-electron chi connectivity index (χ3n) is 3.78. The van der Waals surface area contributed by atoms with Gasteiger partial charge in [0, 0.05) is 30.2 Å². The van der Waals surface area contributed by atoms with E-state index in [1.165, 1.54) is 4.90 Å². The van der Waals surface area contributed by atoms with Gasteiger partial charge in [0.05, 0.1) is 12.6 Å². The van der Waals surface area contributed by atoms with Crippen molar-refractivity contribution in [2.75, 3.05) is 19.6 Å². The molecule has 1 aliphatic rings. The van der Waals surface area contributed by atoms with Gasteiger partial charge >= 0.3 is 0 Å². The molecule has 0 spiro atoms. The molecule has 1 atom stereocenters. The largest absolute Gasteiger partial charge is 0.361 e. The van der Waals surface area contributed by atoms with Crippen LogP contribution in [0.25, 0.3) is 10.9 Å². The van der Waals surface area contributed by atoms with Crippen LogP contribution in [0.2, 0.25) is 0 Å². The van der Waals surface area contributed by atoms with Crippen LogP contribution in [0, 0.1) is 0 Å². The molecular weight excluding hydrogens is 268 g/mol. The van der Waals surface area contributed by atoms with Crippen LogP contribution in [0.1, 0.15) is 5.56 Å². The number of aromatic nitrogens is 1. The minimum absolute atomic E-state index is 0.0976. The Bertz CT molecular complexity index is 679. The number of piperazine rings is 1. The molecule has 1 aromatic heterocycles. The summed E-state index contributed by atoms with van der Waals surface area (Å²) in [6.07, 6.45) is 2.35. The Morgan fingerprint density at radius 3 is 3.00 bits per heavy atom. The highest BCUT2D eigenvalue weighted by atomic mass is 16.2. The number of aromatic amines is 1. The zero-order valence-corrected chi connectivity index (χ0v) is 11.6. The Balaban J connectivity index is 1.72. The predicted octanol–water partition coefficient (Wildman–Crippen LogP) is -0.00390. The van der Waals surface area contributed by atoms with Crippen molar-refractivity contribution < 1.29 is 9.59 Å². The molecule has 0 radical (unpaired) electrons. The molecule has 0 aliphatic carbocycles. The van der Waals surface area contributed by atoms with Crippen molar-refractivity contribution in [2.45, 2.75) is 12.5 Å². The minimum atomic E-state index is -0.630. The number of H-pyrrole nitrogens is 1. The molecular formula is C15H18N4O2. The molecule has 1 aliphatic heterocycles. The fourth-order valence-corrected chi connectivity index (χ4v) is 2.69. The molecule has 2 amide bonds. The maximum atomic E-state index is 12.3.